The molecule has 0 spiro atoms. The van der Waals surface area contributed by atoms with Gasteiger partial charge in [-0.1, -0.05) is 0 Å². The van der Waals surface area contributed by atoms with Gasteiger partial charge in [0.05, 0.1) is 0 Å². The first-order valence-electron chi connectivity index (χ1n) is 3.28. The van der Waals surface area contributed by atoms with Crippen LogP contribution in [0, 0.1) is 0 Å². The summed E-state index contributed by atoms with van der Waals surface area (Å²) in [5, 5.41) is 0.359. The Morgan fingerprint density at radius 1 is 1.43 bits per heavy atom. The Bertz CT molecular complexity index is 316. The van der Waals surface area contributed by atoms with Crippen LogP contribution in [0.15, 0.2) is 18.2 Å². The van der Waals surface area contributed by atoms with Gasteiger partial charge in [-0.05, 0) is 0 Å². The molecule has 0 saturated heterocycles. The minimum atomic E-state index is -0.420. The zero-order chi connectivity index (χ0) is 9.14. The fourth-order valence-electron chi connectivity index (χ4n) is 0.772. The molecule has 2 N–H and O–H groups in total. The maximum absolute atomic E-state index is 11.0. The molecule has 74 valence electrons. The van der Waals surface area contributed by atoms with Crippen LogP contribution in [0.2, 0.25) is 5.02 Å². The summed E-state index contributed by atoms with van der Waals surface area (Å²) in [7, 11) is 6.76. The fourth-order valence-corrected chi connectivity index (χ4v) is 0.952. The number of carbonyl (C=O) groups is 1. The number of hydrogen-bond acceptors (Lipinski definition) is 4. The third kappa shape index (κ3) is 3.37. The van der Waals surface area contributed by atoms with E-state index in [0.29, 0.717) is 16.0 Å². The van der Waals surface area contributed by atoms with Gasteiger partial charge in [0.2, 0.25) is 0 Å². The van der Waals surface area contributed by atoms with Gasteiger partial charge in [-0.25, -0.2) is 0 Å². The predicted molar refractivity (Wildman–Crippen MR) is 52.1 cm³/mol. The smallest absolute Gasteiger partial charge is 0.870 e. The van der Waals surface area contributed by atoms with E-state index in [1.807, 2.05) is 0 Å². The van der Waals surface area contributed by atoms with Crippen molar-refractivity contribution in [1.82, 2.24) is 0 Å². The van der Waals surface area contributed by atoms with E-state index in [1.165, 1.54) is 13.2 Å². The second-order valence-corrected chi connectivity index (χ2v) is 2.64. The van der Waals surface area contributed by atoms with Crippen LogP contribution in [0.3, 0.4) is 0 Å². The predicted octanol–water partition coefficient (Wildman–Crippen LogP) is 0.567. The molecule has 0 radical (unpaired) electrons. The molecular formula is C8H8BClO4. The zero-order valence-corrected chi connectivity index (χ0v) is 8.15. The van der Waals surface area contributed by atoms with Gasteiger partial charge in [-0.2, -0.15) is 0 Å². The molecule has 1 rings (SSSR count). The monoisotopic (exact) mass is 214 g/mol. The van der Waals surface area contributed by atoms with E-state index in [1.54, 1.807) is 12.1 Å². The molecule has 0 bridgehead atoms. The largest absolute Gasteiger partial charge is 0.870 e. The number of benzene rings is 1. The van der Waals surface area contributed by atoms with Crippen molar-refractivity contribution in [3.05, 3.63) is 28.8 Å². The Kier molecular flexibility index (Phi) is 7.08. The van der Waals surface area contributed by atoms with E-state index in [4.69, 9.17) is 19.4 Å². The van der Waals surface area contributed by atoms with Crippen LogP contribution >= 0.6 is 11.6 Å². The molecule has 0 atom stereocenters. The minimum Gasteiger partial charge on any atom is -0.870 e. The van der Waals surface area contributed by atoms with Crippen LogP contribution in [0.4, 0.5) is 0 Å². The molecule has 0 fully saturated rings. The topological polar surface area (TPSA) is 86.3 Å². The van der Waals surface area contributed by atoms with E-state index < -0.39 is 5.97 Å². The van der Waals surface area contributed by atoms with Crippen molar-refractivity contribution in [2.24, 2.45) is 0 Å². The second kappa shape index (κ2) is 6.42. The number of halogens is 1. The molecule has 0 aliphatic rings. The summed E-state index contributed by atoms with van der Waals surface area (Å²) in [6.07, 6.45) is 0. The van der Waals surface area contributed by atoms with Crippen LogP contribution in [0.5, 0.6) is 0 Å². The molecule has 1 aromatic rings. The van der Waals surface area contributed by atoms with Gasteiger partial charge in [0.1, 0.15) is 0 Å². The second-order valence-electron chi connectivity index (χ2n) is 2.23. The van der Waals surface area contributed by atoms with Gasteiger partial charge in [0, 0.05) is 0 Å². The van der Waals surface area contributed by atoms with Gasteiger partial charge in [-0.3, -0.25) is 0 Å². The van der Waals surface area contributed by atoms with Crippen molar-refractivity contribution in [2.45, 2.75) is 0 Å². The fraction of sp³-hybridized carbons (Fsp3) is 0.125. The number of hydrogen-bond donors (Lipinski definition) is 0. The molecule has 4 nitrogen and oxygen atoms in total. The summed E-state index contributed by atoms with van der Waals surface area (Å²) < 4.78 is 4.49. The summed E-state index contributed by atoms with van der Waals surface area (Å²) in [6, 6.07) is 4.60. The molecule has 0 amide bonds. The molecule has 1 aromatic carbocycles. The van der Waals surface area contributed by atoms with Crippen molar-refractivity contribution in [3.8, 4) is 0 Å². The maximum Gasteiger partial charge on any atom is -0.870 e. The Morgan fingerprint density at radius 3 is 2.43 bits per heavy atom. The van der Waals surface area contributed by atoms with Crippen LogP contribution in [0.25, 0.3) is 0 Å². The maximum atomic E-state index is 11.0. The molecule has 0 unspecified atom stereocenters. The zero-order valence-electron chi connectivity index (χ0n) is 7.40. The Hall–Kier alpha value is -1.04. The number of methoxy groups -OCH3 is 1. The third-order valence-corrected chi connectivity index (χ3v) is 1.75. The molecule has 14 heavy (non-hydrogen) atoms. The van der Waals surface area contributed by atoms with E-state index >= 15 is 0 Å². The molecule has 0 heterocycles. The van der Waals surface area contributed by atoms with E-state index in [-0.39, 0.29) is 11.0 Å². The molecule has 0 aliphatic heterocycles. The average molecular weight is 214 g/mol. The van der Waals surface area contributed by atoms with Gasteiger partial charge in [0.15, 0.2) is 0 Å². The van der Waals surface area contributed by atoms with E-state index in [9.17, 15) is 4.79 Å². The van der Waals surface area contributed by atoms with Gasteiger partial charge in [0.25, 0.3) is 0 Å². The number of esters is 1. The third-order valence-electron chi connectivity index (χ3n) is 1.42. The van der Waals surface area contributed by atoms with E-state index in [2.05, 4.69) is 4.74 Å². The summed E-state index contributed by atoms with van der Waals surface area (Å²) in [5.41, 5.74) is 0.848. The van der Waals surface area contributed by atoms with Crippen molar-refractivity contribution >= 4 is 30.9 Å². The van der Waals surface area contributed by atoms with Gasteiger partial charge >= 0.3 is 76.3 Å². The number of rotatable bonds is 1. The van der Waals surface area contributed by atoms with E-state index in [0.717, 1.165) is 0 Å². The van der Waals surface area contributed by atoms with Gasteiger partial charge in [-0.15, -0.1) is 0 Å². The molecule has 6 heteroatoms. The SMILES string of the molecule is [B+2]c1ccc(C(=O)OC)cc1Cl.[OH-].[OH-]. The quantitative estimate of drug-likeness (QED) is 0.505. The first kappa shape index (κ1) is 15.4. The standard InChI is InChI=1S/C8H6BClO2.2H2O/c1-12-8(11)5-2-3-6(9)7(10)4-5;;/h2-4H,1H3;2*1H2/q+2;;/p-2. The van der Waals surface area contributed by atoms with Crippen molar-refractivity contribution in [2.75, 3.05) is 7.11 Å². The van der Waals surface area contributed by atoms with Crippen molar-refractivity contribution < 1.29 is 20.5 Å². The van der Waals surface area contributed by atoms with Crippen molar-refractivity contribution in [1.29, 1.82) is 0 Å². The molecule has 0 aromatic heterocycles. The Balaban J connectivity index is 0. The number of carbonyl (C=O) groups excluding carboxylic acids is 1. The van der Waals surface area contributed by atoms with Gasteiger partial charge < -0.3 is 11.0 Å². The molecule has 0 saturated carbocycles. The summed E-state index contributed by atoms with van der Waals surface area (Å²) >= 11 is 5.68. The van der Waals surface area contributed by atoms with Crippen molar-refractivity contribution in [3.63, 3.8) is 0 Å². The minimum absolute atomic E-state index is 0. The number of ether oxygens (including phenoxy) is 1. The molecule has 0 aliphatic carbocycles. The first-order chi connectivity index (χ1) is 5.65. The Morgan fingerprint density at radius 2 is 2.00 bits per heavy atom. The summed E-state index contributed by atoms with van der Waals surface area (Å²) in [4.78, 5) is 11.0. The van der Waals surface area contributed by atoms with Crippen LogP contribution < -0.4 is 5.46 Å². The first-order valence-corrected chi connectivity index (χ1v) is 3.66. The average Bonchev–Trinajstić information content (AvgIpc) is 2.08. The normalized spacial score (nSPS) is 8.29. The van der Waals surface area contributed by atoms with Crippen LogP contribution in [-0.4, -0.2) is 31.9 Å². The summed E-state index contributed by atoms with van der Waals surface area (Å²) in [6.45, 7) is 0. The Labute approximate surface area is 87.9 Å². The van der Waals surface area contributed by atoms with Crippen LogP contribution in [-0.2, 0) is 4.74 Å². The molecular weight excluding hydrogens is 206 g/mol. The summed E-state index contributed by atoms with van der Waals surface area (Å²) in [5.74, 6) is -0.420. The van der Waals surface area contributed by atoms with Crippen LogP contribution in [0.1, 0.15) is 10.4 Å².